The van der Waals surface area contributed by atoms with Crippen LogP contribution in [0, 0.1) is 11.8 Å². The minimum absolute atomic E-state index is 0.211. The number of carboxylic acids is 1. The maximum Gasteiger partial charge on any atom is 0.111 e. The first-order chi connectivity index (χ1) is 5.13. The first kappa shape index (κ1) is 6.85. The lowest BCUT2D eigenvalue weighted by Gasteiger charge is -2.30. The van der Waals surface area contributed by atoms with Crippen molar-refractivity contribution in [1.29, 1.82) is 0 Å². The van der Waals surface area contributed by atoms with Crippen molar-refractivity contribution in [2.75, 3.05) is 0 Å². The third-order valence-electron chi connectivity index (χ3n) is 2.71. The average molecular weight is 153 g/mol. The van der Waals surface area contributed by atoms with Gasteiger partial charge in [-0.15, -0.1) is 0 Å². The molecule has 1 saturated carbocycles. The minimum atomic E-state index is -1.57. The number of carbonyl (C=O) groups is 1. The van der Waals surface area contributed by atoms with Crippen molar-refractivity contribution in [3.63, 3.8) is 0 Å². The Morgan fingerprint density at radius 1 is 1.64 bits per heavy atom. The molecule has 0 radical (unpaired) electrons. The normalized spacial score (nSPS) is 46.6. The second-order valence-electron chi connectivity index (χ2n) is 3.40. The topological polar surface area (TPSA) is 60.4 Å². The van der Waals surface area contributed by atoms with Crippen LogP contribution in [0.15, 0.2) is 12.2 Å². The van der Waals surface area contributed by atoms with Crippen LogP contribution >= 0.6 is 0 Å². The Morgan fingerprint density at radius 3 is 2.64 bits per heavy atom. The summed E-state index contributed by atoms with van der Waals surface area (Å²) < 4.78 is 0. The van der Waals surface area contributed by atoms with E-state index < -0.39 is 11.6 Å². The summed E-state index contributed by atoms with van der Waals surface area (Å²) in [7, 11) is 0. The number of aliphatic carboxylic acids is 1. The van der Waals surface area contributed by atoms with Gasteiger partial charge in [0.1, 0.15) is 5.60 Å². The van der Waals surface area contributed by atoms with Crippen molar-refractivity contribution in [3.05, 3.63) is 12.2 Å². The monoisotopic (exact) mass is 153 g/mol. The first-order valence-corrected chi connectivity index (χ1v) is 3.75. The van der Waals surface area contributed by atoms with Crippen LogP contribution in [0.2, 0.25) is 0 Å². The van der Waals surface area contributed by atoms with E-state index in [1.165, 1.54) is 0 Å². The summed E-state index contributed by atoms with van der Waals surface area (Å²) >= 11 is 0. The molecular formula is C8H9O3-. The van der Waals surface area contributed by atoms with Crippen molar-refractivity contribution >= 4 is 5.97 Å². The quantitative estimate of drug-likeness (QED) is 0.495. The van der Waals surface area contributed by atoms with Gasteiger partial charge in [-0.1, -0.05) is 12.2 Å². The third-order valence-corrected chi connectivity index (χ3v) is 2.71. The van der Waals surface area contributed by atoms with Gasteiger partial charge in [-0.25, -0.2) is 0 Å². The molecule has 11 heavy (non-hydrogen) atoms. The number of rotatable bonds is 1. The summed E-state index contributed by atoms with van der Waals surface area (Å²) in [5.74, 6) is -1.28. The predicted molar refractivity (Wildman–Crippen MR) is 35.3 cm³/mol. The molecule has 0 spiro atoms. The number of allylic oxidation sites excluding steroid dienone is 1. The fourth-order valence-electron chi connectivity index (χ4n) is 2.07. The Bertz CT molecular complexity index is 233. The number of hydrogen-bond acceptors (Lipinski definition) is 3. The van der Waals surface area contributed by atoms with Crippen LogP contribution in [0.3, 0.4) is 0 Å². The fraction of sp³-hybridized carbons (Fsp3) is 0.625. The maximum atomic E-state index is 10.5. The molecule has 0 saturated heterocycles. The fourth-order valence-corrected chi connectivity index (χ4v) is 2.07. The second kappa shape index (κ2) is 1.85. The second-order valence-corrected chi connectivity index (χ2v) is 3.40. The van der Waals surface area contributed by atoms with Crippen molar-refractivity contribution in [2.45, 2.75) is 18.4 Å². The Morgan fingerprint density at radius 2 is 2.36 bits per heavy atom. The average Bonchev–Trinajstić information content (AvgIpc) is 2.45. The molecule has 3 heteroatoms. The van der Waals surface area contributed by atoms with E-state index >= 15 is 0 Å². The van der Waals surface area contributed by atoms with Crippen LogP contribution in [0.4, 0.5) is 0 Å². The van der Waals surface area contributed by atoms with Crippen molar-refractivity contribution in [2.24, 2.45) is 11.8 Å². The summed E-state index contributed by atoms with van der Waals surface area (Å²) in [6.45, 7) is 0. The molecule has 3 atom stereocenters. The molecule has 2 bridgehead atoms. The van der Waals surface area contributed by atoms with Crippen LogP contribution < -0.4 is 5.11 Å². The van der Waals surface area contributed by atoms with E-state index in [9.17, 15) is 15.0 Å². The van der Waals surface area contributed by atoms with Gasteiger partial charge in [0.15, 0.2) is 0 Å². The highest BCUT2D eigenvalue weighted by Crippen LogP contribution is 2.45. The summed E-state index contributed by atoms with van der Waals surface area (Å²) in [4.78, 5) is 10.5. The standard InChI is InChI=1S/C8H10O3/c9-7(10)8(11)4-5-1-2-6(8)3-5/h1-2,5-6,11H,3-4H2,(H,9,10)/p-1/t5-,6+,8+/m1/s1. The van der Waals surface area contributed by atoms with Crippen LogP contribution in [0.25, 0.3) is 0 Å². The predicted octanol–water partition coefficient (Wildman–Crippen LogP) is -0.937. The van der Waals surface area contributed by atoms with Gasteiger partial charge in [0.2, 0.25) is 0 Å². The zero-order chi connectivity index (χ0) is 8.06. The summed E-state index contributed by atoms with van der Waals surface area (Å²) in [5, 5.41) is 20.1. The molecule has 0 aliphatic heterocycles. The molecule has 1 fully saturated rings. The van der Waals surface area contributed by atoms with Gasteiger partial charge in [-0.05, 0) is 18.8 Å². The van der Waals surface area contributed by atoms with Crippen molar-refractivity contribution in [3.8, 4) is 0 Å². The van der Waals surface area contributed by atoms with E-state index in [1.54, 1.807) is 6.08 Å². The molecule has 60 valence electrons. The molecule has 1 N–H and O–H groups in total. The van der Waals surface area contributed by atoms with E-state index in [-0.39, 0.29) is 11.8 Å². The lowest BCUT2D eigenvalue weighted by molar-refractivity contribution is -0.326. The number of carbonyl (C=O) groups excluding carboxylic acids is 1. The SMILES string of the molecule is O=C([O-])[C@]1(O)C[C@@H]2C=C[C@H]1C2. The highest BCUT2D eigenvalue weighted by Gasteiger charge is 2.48. The Labute approximate surface area is 64.3 Å². The zero-order valence-corrected chi connectivity index (χ0v) is 5.99. The zero-order valence-electron chi connectivity index (χ0n) is 5.99. The van der Waals surface area contributed by atoms with Gasteiger partial charge in [0.05, 0.1) is 5.97 Å². The molecule has 2 aliphatic rings. The molecule has 0 heterocycles. The lowest BCUT2D eigenvalue weighted by Crippen LogP contribution is -2.51. The number of fused-ring (bicyclic) bond motifs is 2. The maximum absolute atomic E-state index is 10.5. The summed E-state index contributed by atoms with van der Waals surface area (Å²) in [6.07, 6.45) is 4.85. The highest BCUT2D eigenvalue weighted by atomic mass is 16.4. The Hall–Kier alpha value is -0.830. The largest absolute Gasteiger partial charge is 0.547 e. The molecule has 0 aromatic heterocycles. The summed E-state index contributed by atoms with van der Waals surface area (Å²) in [5.41, 5.74) is -1.57. The van der Waals surface area contributed by atoms with Gasteiger partial charge in [-0.2, -0.15) is 0 Å². The molecule has 2 aliphatic carbocycles. The molecule has 0 amide bonds. The van der Waals surface area contributed by atoms with Gasteiger partial charge < -0.3 is 15.0 Å². The molecule has 0 unspecified atom stereocenters. The minimum Gasteiger partial charge on any atom is -0.547 e. The van der Waals surface area contributed by atoms with Crippen LogP contribution in [0.1, 0.15) is 12.8 Å². The number of hydrogen-bond donors (Lipinski definition) is 1. The number of carboxylic acid groups (broad SMARTS) is 1. The van der Waals surface area contributed by atoms with Gasteiger partial charge in [-0.3, -0.25) is 0 Å². The van der Waals surface area contributed by atoms with Gasteiger partial charge in [0, 0.05) is 5.92 Å². The Kier molecular flexibility index (Phi) is 1.16. The van der Waals surface area contributed by atoms with Gasteiger partial charge >= 0.3 is 0 Å². The van der Waals surface area contributed by atoms with E-state index in [4.69, 9.17) is 0 Å². The molecule has 0 aromatic carbocycles. The molecular weight excluding hydrogens is 144 g/mol. The third kappa shape index (κ3) is 0.744. The molecule has 0 aromatic rings. The van der Waals surface area contributed by atoms with Crippen LogP contribution in [0.5, 0.6) is 0 Å². The first-order valence-electron chi connectivity index (χ1n) is 3.75. The van der Waals surface area contributed by atoms with E-state index in [1.807, 2.05) is 6.08 Å². The van der Waals surface area contributed by atoms with Crippen molar-refractivity contribution in [1.82, 2.24) is 0 Å². The smallest absolute Gasteiger partial charge is 0.111 e. The molecule has 3 nitrogen and oxygen atoms in total. The van der Waals surface area contributed by atoms with E-state index in [0.717, 1.165) is 6.42 Å². The van der Waals surface area contributed by atoms with E-state index in [0.29, 0.717) is 6.42 Å². The van der Waals surface area contributed by atoms with Crippen molar-refractivity contribution < 1.29 is 15.0 Å². The highest BCUT2D eigenvalue weighted by molar-refractivity contribution is 5.77. The number of aliphatic hydroxyl groups is 1. The molecule has 2 rings (SSSR count). The van der Waals surface area contributed by atoms with Gasteiger partial charge in [0.25, 0.3) is 0 Å². The Balaban J connectivity index is 2.30. The van der Waals surface area contributed by atoms with Crippen LogP contribution in [-0.4, -0.2) is 16.7 Å². The van der Waals surface area contributed by atoms with E-state index in [2.05, 4.69) is 0 Å². The lowest BCUT2D eigenvalue weighted by atomic mass is 9.89. The van der Waals surface area contributed by atoms with Crippen LogP contribution in [-0.2, 0) is 4.79 Å². The summed E-state index contributed by atoms with van der Waals surface area (Å²) in [6, 6.07) is 0.